The Morgan fingerprint density at radius 1 is 1.45 bits per heavy atom. The average molecular weight is 362 g/mol. The topological polar surface area (TPSA) is 24.5 Å². The van der Waals surface area contributed by atoms with Crippen LogP contribution in [0.25, 0.3) is 0 Å². The lowest BCUT2D eigenvalue weighted by molar-refractivity contribution is 0.122. The van der Waals surface area contributed by atoms with Crippen molar-refractivity contribution in [1.82, 2.24) is 10.2 Å². The van der Waals surface area contributed by atoms with Crippen molar-refractivity contribution in [1.29, 1.82) is 0 Å². The quantitative estimate of drug-likeness (QED) is 0.838. The van der Waals surface area contributed by atoms with Crippen LogP contribution in [0.15, 0.2) is 22.7 Å². The second-order valence-electron chi connectivity index (χ2n) is 5.17. The number of benzene rings is 1. The highest BCUT2D eigenvalue weighted by Gasteiger charge is 2.21. The molecule has 1 N–H and O–H groups in total. The summed E-state index contributed by atoms with van der Waals surface area (Å²) in [5.74, 6) is 0.858. The van der Waals surface area contributed by atoms with Crippen molar-refractivity contribution in [2.24, 2.45) is 0 Å². The minimum atomic E-state index is 0.644. The Morgan fingerprint density at radius 3 is 3.05 bits per heavy atom. The van der Waals surface area contributed by atoms with Gasteiger partial charge >= 0.3 is 0 Å². The smallest absolute Gasteiger partial charge is 0.133 e. The molecule has 1 aliphatic rings. The van der Waals surface area contributed by atoms with Crippen molar-refractivity contribution < 1.29 is 4.74 Å². The zero-order chi connectivity index (χ0) is 14.4. The van der Waals surface area contributed by atoms with Crippen molar-refractivity contribution in [3.05, 3.63) is 27.7 Å². The van der Waals surface area contributed by atoms with Gasteiger partial charge in [-0.3, -0.25) is 4.90 Å². The molecule has 0 bridgehead atoms. The number of ether oxygens (including phenoxy) is 1. The molecule has 0 aromatic heterocycles. The van der Waals surface area contributed by atoms with E-state index in [-0.39, 0.29) is 0 Å². The third-order valence-corrected chi connectivity index (χ3v) is 4.57. The summed E-state index contributed by atoms with van der Waals surface area (Å²) in [5.41, 5.74) is 0. The summed E-state index contributed by atoms with van der Waals surface area (Å²) < 4.78 is 6.77. The number of piperidine rings is 1. The third kappa shape index (κ3) is 4.62. The normalized spacial score (nSPS) is 20.1. The number of rotatable bonds is 6. The van der Waals surface area contributed by atoms with Gasteiger partial charge in [-0.2, -0.15) is 0 Å². The molecule has 1 atom stereocenters. The summed E-state index contributed by atoms with van der Waals surface area (Å²) in [6.07, 6.45) is 3.92. The lowest BCUT2D eigenvalue weighted by Gasteiger charge is -2.35. The first kappa shape index (κ1) is 16.1. The molecule has 0 aliphatic carbocycles. The molecule has 2 rings (SSSR count). The number of halogens is 2. The van der Waals surface area contributed by atoms with E-state index in [4.69, 9.17) is 16.3 Å². The average Bonchev–Trinajstić information content (AvgIpc) is 2.43. The molecule has 0 radical (unpaired) electrons. The predicted octanol–water partition coefficient (Wildman–Crippen LogP) is 3.56. The van der Waals surface area contributed by atoms with Gasteiger partial charge in [0.25, 0.3) is 0 Å². The highest BCUT2D eigenvalue weighted by atomic mass is 79.9. The monoisotopic (exact) mass is 360 g/mol. The summed E-state index contributed by atoms with van der Waals surface area (Å²) in [5, 5.41) is 4.00. The van der Waals surface area contributed by atoms with Crippen LogP contribution in [-0.2, 0) is 0 Å². The first-order valence-corrected chi connectivity index (χ1v) is 8.34. The van der Waals surface area contributed by atoms with E-state index in [1.807, 2.05) is 25.2 Å². The summed E-state index contributed by atoms with van der Waals surface area (Å²) in [6, 6.07) is 6.27. The van der Waals surface area contributed by atoms with E-state index in [0.717, 1.165) is 23.3 Å². The molecule has 0 spiro atoms. The summed E-state index contributed by atoms with van der Waals surface area (Å²) in [7, 11) is 2.02. The Labute approximate surface area is 134 Å². The van der Waals surface area contributed by atoms with Gasteiger partial charge in [0.1, 0.15) is 12.4 Å². The first-order valence-electron chi connectivity index (χ1n) is 7.17. The second-order valence-corrected chi connectivity index (χ2v) is 6.46. The lowest BCUT2D eigenvalue weighted by atomic mass is 10.0. The van der Waals surface area contributed by atoms with E-state index in [1.165, 1.54) is 25.8 Å². The van der Waals surface area contributed by atoms with Gasteiger partial charge in [0.05, 0.1) is 4.47 Å². The van der Waals surface area contributed by atoms with Crippen molar-refractivity contribution in [3.8, 4) is 5.75 Å². The molecule has 112 valence electrons. The minimum Gasteiger partial charge on any atom is -0.491 e. The molecule has 5 heteroatoms. The minimum absolute atomic E-state index is 0.644. The number of likely N-dealkylation sites (tertiary alicyclic amines) is 1. The van der Waals surface area contributed by atoms with Gasteiger partial charge < -0.3 is 10.1 Å². The molecular formula is C15H22BrClN2O. The van der Waals surface area contributed by atoms with Crippen LogP contribution in [0.2, 0.25) is 5.02 Å². The first-order chi connectivity index (χ1) is 9.70. The molecule has 1 aromatic carbocycles. The fraction of sp³-hybridized carbons (Fsp3) is 0.600. The zero-order valence-electron chi connectivity index (χ0n) is 11.9. The molecule has 20 heavy (non-hydrogen) atoms. The van der Waals surface area contributed by atoms with Crippen molar-refractivity contribution in [3.63, 3.8) is 0 Å². The van der Waals surface area contributed by atoms with E-state index in [1.54, 1.807) is 0 Å². The van der Waals surface area contributed by atoms with E-state index in [2.05, 4.69) is 26.1 Å². The third-order valence-electron chi connectivity index (χ3n) is 3.72. The van der Waals surface area contributed by atoms with Gasteiger partial charge in [0.2, 0.25) is 0 Å². The van der Waals surface area contributed by atoms with Gasteiger partial charge in [-0.05, 0) is 60.6 Å². The molecule has 0 saturated carbocycles. The van der Waals surface area contributed by atoms with Gasteiger partial charge in [-0.15, -0.1) is 0 Å². The van der Waals surface area contributed by atoms with Gasteiger partial charge in [-0.1, -0.05) is 18.0 Å². The fourth-order valence-electron chi connectivity index (χ4n) is 2.69. The van der Waals surface area contributed by atoms with E-state index in [9.17, 15) is 0 Å². The molecular weight excluding hydrogens is 340 g/mol. The Kier molecular flexibility index (Phi) is 6.62. The van der Waals surface area contributed by atoms with Crippen LogP contribution in [0, 0.1) is 0 Å². The standard InChI is InChI=1S/C15H22BrClN2O/c1-18-11-13-4-2-3-7-19(13)8-9-20-15-6-5-12(17)10-14(15)16/h5-6,10,13,18H,2-4,7-9,11H2,1H3. The van der Waals surface area contributed by atoms with Crippen LogP contribution in [0.1, 0.15) is 19.3 Å². The molecule has 1 fully saturated rings. The number of nitrogens with zero attached hydrogens (tertiary/aromatic N) is 1. The number of likely N-dealkylation sites (N-methyl/N-ethyl adjacent to an activating group) is 1. The zero-order valence-corrected chi connectivity index (χ0v) is 14.2. The van der Waals surface area contributed by atoms with Crippen LogP contribution in [0.3, 0.4) is 0 Å². The Balaban J connectivity index is 1.82. The second kappa shape index (κ2) is 8.23. The van der Waals surface area contributed by atoms with E-state index < -0.39 is 0 Å². The fourth-order valence-corrected chi connectivity index (χ4v) is 3.48. The summed E-state index contributed by atoms with van der Waals surface area (Å²) in [4.78, 5) is 2.53. The SMILES string of the molecule is CNCC1CCCCN1CCOc1ccc(Cl)cc1Br. The Hall–Kier alpha value is -0.290. The molecule has 1 unspecified atom stereocenters. The molecule has 0 amide bonds. The maximum Gasteiger partial charge on any atom is 0.133 e. The van der Waals surface area contributed by atoms with Crippen LogP contribution in [0.4, 0.5) is 0 Å². The van der Waals surface area contributed by atoms with Gasteiger partial charge in [0, 0.05) is 24.2 Å². The molecule has 1 aliphatic heterocycles. The number of nitrogens with one attached hydrogen (secondary N) is 1. The van der Waals surface area contributed by atoms with Crippen LogP contribution >= 0.6 is 27.5 Å². The number of hydrogen-bond acceptors (Lipinski definition) is 3. The summed E-state index contributed by atoms with van der Waals surface area (Å²) >= 11 is 9.40. The van der Waals surface area contributed by atoms with Crippen molar-refractivity contribution >= 4 is 27.5 Å². The van der Waals surface area contributed by atoms with Crippen LogP contribution < -0.4 is 10.1 Å². The maximum atomic E-state index is 5.93. The highest BCUT2D eigenvalue weighted by molar-refractivity contribution is 9.10. The molecule has 1 saturated heterocycles. The molecule has 1 heterocycles. The molecule has 1 aromatic rings. The predicted molar refractivity (Wildman–Crippen MR) is 87.8 cm³/mol. The van der Waals surface area contributed by atoms with E-state index in [0.29, 0.717) is 17.7 Å². The van der Waals surface area contributed by atoms with Crippen molar-refractivity contribution in [2.45, 2.75) is 25.3 Å². The van der Waals surface area contributed by atoms with Crippen LogP contribution in [-0.4, -0.2) is 44.2 Å². The summed E-state index contributed by atoms with van der Waals surface area (Å²) in [6.45, 7) is 3.92. The lowest BCUT2D eigenvalue weighted by Crippen LogP contribution is -2.46. The van der Waals surface area contributed by atoms with Gasteiger partial charge in [0.15, 0.2) is 0 Å². The maximum absolute atomic E-state index is 5.93. The largest absolute Gasteiger partial charge is 0.491 e. The van der Waals surface area contributed by atoms with Gasteiger partial charge in [-0.25, -0.2) is 0 Å². The Morgan fingerprint density at radius 2 is 2.30 bits per heavy atom. The van der Waals surface area contributed by atoms with Crippen molar-refractivity contribution in [2.75, 3.05) is 33.3 Å². The van der Waals surface area contributed by atoms with E-state index >= 15 is 0 Å². The Bertz CT molecular complexity index is 428. The van der Waals surface area contributed by atoms with Crippen LogP contribution in [0.5, 0.6) is 5.75 Å². The molecule has 3 nitrogen and oxygen atoms in total. The number of hydrogen-bond donors (Lipinski definition) is 1. The highest BCUT2D eigenvalue weighted by Crippen LogP contribution is 2.28.